The van der Waals surface area contributed by atoms with Crippen molar-refractivity contribution >= 4 is 11.8 Å². The van der Waals surface area contributed by atoms with Crippen molar-refractivity contribution in [2.24, 2.45) is 0 Å². The molecule has 0 aliphatic carbocycles. The SMILES string of the molecule is C[C@H](C(=O)[O-])c1cccc(C(=O)c2ccccc2)c1. The van der Waals surface area contributed by atoms with E-state index in [2.05, 4.69) is 0 Å². The lowest BCUT2D eigenvalue weighted by atomic mass is 9.96. The van der Waals surface area contributed by atoms with Gasteiger partial charge in [0.05, 0.1) is 0 Å². The topological polar surface area (TPSA) is 57.2 Å². The predicted octanol–water partition coefficient (Wildman–Crippen LogP) is 1.77. The van der Waals surface area contributed by atoms with Gasteiger partial charge in [-0.1, -0.05) is 55.5 Å². The molecule has 2 aromatic rings. The molecular formula is C16H13O3-. The van der Waals surface area contributed by atoms with Crippen LogP contribution in [0.5, 0.6) is 0 Å². The molecule has 3 heteroatoms. The number of aliphatic carboxylic acids is 1. The van der Waals surface area contributed by atoms with Crippen LogP contribution in [-0.2, 0) is 4.79 Å². The molecule has 96 valence electrons. The molecule has 0 aliphatic rings. The number of carbonyl (C=O) groups excluding carboxylic acids is 2. The number of ketones is 1. The van der Waals surface area contributed by atoms with E-state index in [1.807, 2.05) is 6.07 Å². The van der Waals surface area contributed by atoms with Crippen molar-refractivity contribution in [1.82, 2.24) is 0 Å². The highest BCUT2D eigenvalue weighted by molar-refractivity contribution is 6.09. The molecule has 0 amide bonds. The Labute approximate surface area is 111 Å². The Balaban J connectivity index is 2.34. The summed E-state index contributed by atoms with van der Waals surface area (Å²) >= 11 is 0. The Morgan fingerprint density at radius 2 is 1.58 bits per heavy atom. The number of hydrogen-bond donors (Lipinski definition) is 0. The summed E-state index contributed by atoms with van der Waals surface area (Å²) in [5, 5.41) is 10.9. The van der Waals surface area contributed by atoms with Crippen LogP contribution in [0.2, 0.25) is 0 Å². The van der Waals surface area contributed by atoms with E-state index < -0.39 is 11.9 Å². The zero-order valence-electron chi connectivity index (χ0n) is 10.5. The first kappa shape index (κ1) is 13.0. The van der Waals surface area contributed by atoms with Gasteiger partial charge in [-0.2, -0.15) is 0 Å². The third-order valence-electron chi connectivity index (χ3n) is 3.04. The maximum atomic E-state index is 12.2. The number of hydrogen-bond acceptors (Lipinski definition) is 3. The average Bonchev–Trinajstić information content (AvgIpc) is 2.46. The summed E-state index contributed by atoms with van der Waals surface area (Å²) in [6.45, 7) is 1.54. The molecule has 0 heterocycles. The van der Waals surface area contributed by atoms with Gasteiger partial charge in [0, 0.05) is 23.0 Å². The minimum absolute atomic E-state index is 0.118. The highest BCUT2D eigenvalue weighted by Crippen LogP contribution is 2.18. The molecule has 1 atom stereocenters. The molecule has 0 N–H and O–H groups in total. The van der Waals surface area contributed by atoms with Crippen LogP contribution in [0.3, 0.4) is 0 Å². The van der Waals surface area contributed by atoms with Crippen molar-refractivity contribution in [3.63, 3.8) is 0 Å². The van der Waals surface area contributed by atoms with Crippen LogP contribution < -0.4 is 5.11 Å². The van der Waals surface area contributed by atoms with Gasteiger partial charge in [0.2, 0.25) is 0 Å². The van der Waals surface area contributed by atoms with Crippen molar-refractivity contribution in [3.05, 3.63) is 71.3 Å². The standard InChI is InChI=1S/C16H14O3/c1-11(16(18)19)13-8-5-9-14(10-13)15(17)12-6-3-2-4-7-12/h2-11H,1H3,(H,18,19)/p-1/t11-/m0/s1. The van der Waals surface area contributed by atoms with Gasteiger partial charge in [0.15, 0.2) is 5.78 Å². The summed E-state index contributed by atoms with van der Waals surface area (Å²) in [5.41, 5.74) is 1.64. The predicted molar refractivity (Wildman–Crippen MR) is 69.7 cm³/mol. The van der Waals surface area contributed by atoms with Crippen LogP contribution in [0, 0.1) is 0 Å². The van der Waals surface area contributed by atoms with Gasteiger partial charge in [0.25, 0.3) is 0 Å². The van der Waals surface area contributed by atoms with Crippen LogP contribution in [0.15, 0.2) is 54.6 Å². The molecule has 0 radical (unpaired) electrons. The van der Waals surface area contributed by atoms with E-state index in [4.69, 9.17) is 0 Å². The molecule has 0 aliphatic heterocycles. The molecule has 0 saturated heterocycles. The van der Waals surface area contributed by atoms with Crippen LogP contribution in [0.4, 0.5) is 0 Å². The first-order valence-electron chi connectivity index (χ1n) is 6.00. The minimum atomic E-state index is -1.15. The normalized spacial score (nSPS) is 11.8. The second kappa shape index (κ2) is 5.48. The van der Waals surface area contributed by atoms with Crippen molar-refractivity contribution in [2.75, 3.05) is 0 Å². The van der Waals surface area contributed by atoms with Crippen molar-refractivity contribution in [2.45, 2.75) is 12.8 Å². The Morgan fingerprint density at radius 3 is 2.21 bits per heavy atom. The van der Waals surface area contributed by atoms with Crippen molar-refractivity contribution in [1.29, 1.82) is 0 Å². The van der Waals surface area contributed by atoms with Gasteiger partial charge in [-0.3, -0.25) is 4.79 Å². The third kappa shape index (κ3) is 2.88. The lowest BCUT2D eigenvalue weighted by Crippen LogP contribution is -2.28. The highest BCUT2D eigenvalue weighted by Gasteiger charge is 2.12. The minimum Gasteiger partial charge on any atom is -0.550 e. The van der Waals surface area contributed by atoms with E-state index >= 15 is 0 Å². The van der Waals surface area contributed by atoms with Crippen LogP contribution >= 0.6 is 0 Å². The van der Waals surface area contributed by atoms with E-state index in [9.17, 15) is 14.7 Å². The summed E-state index contributed by atoms with van der Waals surface area (Å²) in [7, 11) is 0. The van der Waals surface area contributed by atoms with E-state index in [1.54, 1.807) is 55.5 Å². The molecule has 0 saturated carbocycles. The summed E-state index contributed by atoms with van der Waals surface area (Å²) in [6, 6.07) is 15.5. The molecule has 0 unspecified atom stereocenters. The first-order chi connectivity index (χ1) is 9.09. The average molecular weight is 253 g/mol. The summed E-state index contributed by atoms with van der Waals surface area (Å²) in [4.78, 5) is 23.1. The number of carboxylic acids is 1. The fraction of sp³-hybridized carbons (Fsp3) is 0.125. The van der Waals surface area contributed by atoms with E-state index in [0.717, 1.165) is 0 Å². The fourth-order valence-electron chi connectivity index (χ4n) is 1.84. The second-order valence-corrected chi connectivity index (χ2v) is 4.36. The van der Waals surface area contributed by atoms with Crippen LogP contribution in [-0.4, -0.2) is 11.8 Å². The Hall–Kier alpha value is -2.42. The first-order valence-corrected chi connectivity index (χ1v) is 6.00. The largest absolute Gasteiger partial charge is 0.550 e. The van der Waals surface area contributed by atoms with E-state index in [0.29, 0.717) is 16.7 Å². The molecular weight excluding hydrogens is 240 g/mol. The quantitative estimate of drug-likeness (QED) is 0.780. The molecule has 0 spiro atoms. The lowest BCUT2D eigenvalue weighted by molar-refractivity contribution is -0.307. The van der Waals surface area contributed by atoms with E-state index in [-0.39, 0.29) is 5.78 Å². The third-order valence-corrected chi connectivity index (χ3v) is 3.04. The summed E-state index contributed by atoms with van der Waals surface area (Å²) < 4.78 is 0. The molecule has 2 aromatic carbocycles. The van der Waals surface area contributed by atoms with Crippen molar-refractivity contribution < 1.29 is 14.7 Å². The van der Waals surface area contributed by atoms with Gasteiger partial charge in [-0.25, -0.2) is 0 Å². The molecule has 3 nitrogen and oxygen atoms in total. The van der Waals surface area contributed by atoms with Gasteiger partial charge in [0.1, 0.15) is 0 Å². The van der Waals surface area contributed by atoms with E-state index in [1.165, 1.54) is 0 Å². The number of carbonyl (C=O) groups is 2. The Kier molecular flexibility index (Phi) is 3.76. The summed E-state index contributed by atoms with van der Waals surface area (Å²) in [5.74, 6) is -2.00. The Bertz CT molecular complexity index is 602. The molecule has 0 bridgehead atoms. The number of rotatable bonds is 4. The molecule has 19 heavy (non-hydrogen) atoms. The number of carboxylic acid groups (broad SMARTS) is 1. The van der Waals surface area contributed by atoms with Gasteiger partial charge < -0.3 is 9.90 Å². The maximum Gasteiger partial charge on any atom is 0.193 e. The smallest absolute Gasteiger partial charge is 0.193 e. The maximum absolute atomic E-state index is 12.2. The highest BCUT2D eigenvalue weighted by atomic mass is 16.4. The van der Waals surface area contributed by atoms with Gasteiger partial charge in [-0.15, -0.1) is 0 Å². The number of benzene rings is 2. The molecule has 2 rings (SSSR count). The second-order valence-electron chi connectivity index (χ2n) is 4.36. The zero-order chi connectivity index (χ0) is 13.8. The van der Waals surface area contributed by atoms with Gasteiger partial charge in [-0.05, 0) is 11.6 Å². The van der Waals surface area contributed by atoms with Crippen LogP contribution in [0.1, 0.15) is 34.3 Å². The Morgan fingerprint density at radius 1 is 0.947 bits per heavy atom. The fourth-order valence-corrected chi connectivity index (χ4v) is 1.84. The lowest BCUT2D eigenvalue weighted by Gasteiger charge is -2.13. The van der Waals surface area contributed by atoms with Gasteiger partial charge >= 0.3 is 0 Å². The molecule has 0 fully saturated rings. The summed E-state index contributed by atoms with van der Waals surface area (Å²) in [6.07, 6.45) is 0. The van der Waals surface area contributed by atoms with Crippen molar-refractivity contribution in [3.8, 4) is 0 Å². The van der Waals surface area contributed by atoms with Crippen LogP contribution in [0.25, 0.3) is 0 Å². The monoisotopic (exact) mass is 253 g/mol. The molecule has 0 aromatic heterocycles. The zero-order valence-corrected chi connectivity index (χ0v) is 10.5.